The van der Waals surface area contributed by atoms with Crippen LogP contribution in [0.2, 0.25) is 0 Å². The lowest BCUT2D eigenvalue weighted by Crippen LogP contribution is -2.44. The number of anilines is 2. The smallest absolute Gasteiger partial charge is 0.228 e. The van der Waals surface area contributed by atoms with Crippen LogP contribution >= 0.6 is 0 Å². The van der Waals surface area contributed by atoms with E-state index in [9.17, 15) is 4.79 Å². The normalized spacial score (nSPS) is 15.6. The minimum Gasteiger partial charge on any atom is -0.438 e. The van der Waals surface area contributed by atoms with Crippen molar-refractivity contribution in [2.45, 2.75) is 26.2 Å². The average Bonchev–Trinajstić information content (AvgIpc) is 3.82. The molecule has 0 atom stereocenters. The molecular weight excluding hydrogens is 500 g/mol. The maximum absolute atomic E-state index is 12.1. The summed E-state index contributed by atoms with van der Waals surface area (Å²) in [5.74, 6) is 2.14. The maximum atomic E-state index is 12.1. The average molecular weight is 535 g/mol. The van der Waals surface area contributed by atoms with E-state index in [4.69, 9.17) is 9.72 Å². The largest absolute Gasteiger partial charge is 0.438 e. The van der Waals surface area contributed by atoms with Crippen LogP contribution in [-0.4, -0.2) is 59.0 Å². The molecule has 3 heterocycles. The van der Waals surface area contributed by atoms with Crippen LogP contribution in [0.5, 0.6) is 11.6 Å². The van der Waals surface area contributed by atoms with Crippen LogP contribution in [0.4, 0.5) is 11.4 Å². The van der Waals surface area contributed by atoms with Crippen molar-refractivity contribution in [2.24, 2.45) is 5.92 Å². The maximum Gasteiger partial charge on any atom is 0.228 e. The van der Waals surface area contributed by atoms with Crippen molar-refractivity contribution in [3.05, 3.63) is 90.0 Å². The van der Waals surface area contributed by atoms with E-state index in [0.29, 0.717) is 18.1 Å². The number of nitrogens with zero attached hydrogens (tertiary/aromatic N) is 5. The Labute approximate surface area is 235 Å². The number of benzene rings is 2. The van der Waals surface area contributed by atoms with Gasteiger partial charge in [-0.2, -0.15) is 0 Å². The third-order valence-electron chi connectivity index (χ3n) is 7.52. The fraction of sp³-hybridized carbons (Fsp3) is 0.312. The first-order valence-electron chi connectivity index (χ1n) is 13.9. The highest BCUT2D eigenvalue weighted by atomic mass is 16.5. The molecule has 6 rings (SSSR count). The van der Waals surface area contributed by atoms with Gasteiger partial charge in [0, 0.05) is 62.3 Å². The lowest BCUT2D eigenvalue weighted by molar-refractivity contribution is -0.117. The lowest BCUT2D eigenvalue weighted by atomic mass is 10.1. The molecule has 0 unspecified atom stereocenters. The summed E-state index contributed by atoms with van der Waals surface area (Å²) in [4.78, 5) is 30.8. The van der Waals surface area contributed by atoms with Gasteiger partial charge in [0.25, 0.3) is 0 Å². The minimum absolute atomic E-state index is 0.0885. The Balaban J connectivity index is 1.16. The predicted octanol–water partition coefficient (Wildman–Crippen LogP) is 5.33. The molecule has 40 heavy (non-hydrogen) atoms. The van der Waals surface area contributed by atoms with E-state index in [1.807, 2.05) is 43.3 Å². The second-order valence-electron chi connectivity index (χ2n) is 10.7. The van der Waals surface area contributed by atoms with E-state index in [1.54, 1.807) is 12.4 Å². The third-order valence-corrected chi connectivity index (χ3v) is 7.52. The molecule has 0 spiro atoms. The number of pyridine rings is 1. The Morgan fingerprint density at radius 2 is 1.77 bits per heavy atom. The van der Waals surface area contributed by atoms with Gasteiger partial charge in [-0.3, -0.25) is 4.79 Å². The first-order valence-corrected chi connectivity index (χ1v) is 13.9. The summed E-state index contributed by atoms with van der Waals surface area (Å²) >= 11 is 0. The van der Waals surface area contributed by atoms with Gasteiger partial charge < -0.3 is 19.9 Å². The molecule has 8 nitrogen and oxygen atoms in total. The number of rotatable bonds is 8. The number of amides is 1. The van der Waals surface area contributed by atoms with Crippen LogP contribution in [-0.2, 0) is 11.2 Å². The van der Waals surface area contributed by atoms with Crippen LogP contribution in [0.3, 0.4) is 0 Å². The van der Waals surface area contributed by atoms with E-state index in [0.717, 1.165) is 67.4 Å². The SMILES string of the molecule is Cc1cc(NC(=O)C2CC2)ccc1Oc1ncccc1-c1ccnc(Cc2ccc(N3CCN(C)CC3)cc2)n1. The molecule has 1 aliphatic carbocycles. The molecule has 2 aromatic carbocycles. The lowest BCUT2D eigenvalue weighted by Gasteiger charge is -2.34. The summed E-state index contributed by atoms with van der Waals surface area (Å²) in [6.07, 6.45) is 6.09. The molecule has 1 N–H and O–H groups in total. The van der Waals surface area contributed by atoms with E-state index in [-0.39, 0.29) is 11.8 Å². The number of likely N-dealkylation sites (N-methyl/N-ethyl adjacent to an activating group) is 1. The molecule has 2 aliphatic rings. The summed E-state index contributed by atoms with van der Waals surface area (Å²) in [5, 5.41) is 2.99. The molecular formula is C32H34N6O2. The zero-order valence-corrected chi connectivity index (χ0v) is 23.0. The first-order chi connectivity index (χ1) is 19.5. The predicted molar refractivity (Wildman–Crippen MR) is 157 cm³/mol. The number of aryl methyl sites for hydroxylation is 1. The number of carbonyl (C=O) groups is 1. The van der Waals surface area contributed by atoms with Crippen molar-refractivity contribution in [2.75, 3.05) is 43.4 Å². The molecule has 2 aromatic heterocycles. The highest BCUT2D eigenvalue weighted by Gasteiger charge is 2.29. The fourth-order valence-corrected chi connectivity index (χ4v) is 4.91. The number of hydrogen-bond acceptors (Lipinski definition) is 7. The summed E-state index contributed by atoms with van der Waals surface area (Å²) in [5.41, 5.74) is 5.67. The minimum atomic E-state index is 0.0885. The molecule has 1 saturated carbocycles. The number of hydrogen-bond donors (Lipinski definition) is 1. The molecule has 0 radical (unpaired) electrons. The van der Waals surface area contributed by atoms with Gasteiger partial charge in [-0.15, -0.1) is 0 Å². The molecule has 1 aliphatic heterocycles. The van der Waals surface area contributed by atoms with E-state index >= 15 is 0 Å². The highest BCUT2D eigenvalue weighted by molar-refractivity contribution is 5.94. The van der Waals surface area contributed by atoms with Gasteiger partial charge in [0.05, 0.1) is 11.3 Å². The van der Waals surface area contributed by atoms with Crippen LogP contribution in [0.25, 0.3) is 11.3 Å². The van der Waals surface area contributed by atoms with Crippen LogP contribution in [0.1, 0.15) is 29.8 Å². The van der Waals surface area contributed by atoms with Crippen molar-refractivity contribution in [1.82, 2.24) is 19.9 Å². The van der Waals surface area contributed by atoms with Gasteiger partial charge in [-0.1, -0.05) is 12.1 Å². The quantitative estimate of drug-likeness (QED) is 0.327. The van der Waals surface area contributed by atoms with Crippen LogP contribution in [0, 0.1) is 12.8 Å². The number of ether oxygens (including phenoxy) is 1. The summed E-state index contributed by atoms with van der Waals surface area (Å²) < 4.78 is 6.26. The molecule has 8 heteroatoms. The Morgan fingerprint density at radius 1 is 0.975 bits per heavy atom. The molecule has 204 valence electrons. The zero-order chi connectivity index (χ0) is 27.5. The Morgan fingerprint density at radius 3 is 2.52 bits per heavy atom. The standard InChI is InChI=1S/C32H34N6O2/c1-22-20-25(35-31(39)24-7-8-24)9-12-29(22)40-32-27(4-3-14-34-32)28-13-15-33-30(36-28)21-23-5-10-26(11-6-23)38-18-16-37(2)17-19-38/h3-6,9-15,20,24H,7-8,16-19,21H2,1-2H3,(H,35,39). The van der Waals surface area contributed by atoms with E-state index < -0.39 is 0 Å². The third kappa shape index (κ3) is 6.13. The van der Waals surface area contributed by atoms with Gasteiger partial charge in [0.1, 0.15) is 11.6 Å². The second kappa shape index (κ2) is 11.4. The number of aromatic nitrogens is 3. The summed E-state index contributed by atoms with van der Waals surface area (Å²) in [7, 11) is 2.17. The van der Waals surface area contributed by atoms with Gasteiger partial charge in [0.15, 0.2) is 0 Å². The van der Waals surface area contributed by atoms with Crippen LogP contribution < -0.4 is 15.0 Å². The highest BCUT2D eigenvalue weighted by Crippen LogP contribution is 2.34. The van der Waals surface area contributed by atoms with E-state index in [1.165, 1.54) is 11.3 Å². The van der Waals surface area contributed by atoms with Crippen molar-refractivity contribution >= 4 is 17.3 Å². The van der Waals surface area contributed by atoms with Gasteiger partial charge in [0.2, 0.25) is 11.8 Å². The molecule has 1 saturated heterocycles. The zero-order valence-electron chi connectivity index (χ0n) is 23.0. The summed E-state index contributed by atoms with van der Waals surface area (Å²) in [6.45, 7) is 6.24. The number of nitrogens with one attached hydrogen (secondary N) is 1. The number of piperazine rings is 1. The fourth-order valence-electron chi connectivity index (χ4n) is 4.91. The Hall–Kier alpha value is -4.30. The molecule has 0 bridgehead atoms. The van der Waals surface area contributed by atoms with Crippen LogP contribution in [0.15, 0.2) is 73.1 Å². The monoisotopic (exact) mass is 534 g/mol. The van der Waals surface area contributed by atoms with Crippen molar-refractivity contribution in [3.63, 3.8) is 0 Å². The van der Waals surface area contributed by atoms with Gasteiger partial charge in [-0.25, -0.2) is 15.0 Å². The molecule has 1 amide bonds. The second-order valence-corrected chi connectivity index (χ2v) is 10.7. The van der Waals surface area contributed by atoms with Gasteiger partial charge >= 0.3 is 0 Å². The Kier molecular flexibility index (Phi) is 7.42. The van der Waals surface area contributed by atoms with Gasteiger partial charge in [-0.05, 0) is 86.5 Å². The van der Waals surface area contributed by atoms with Crippen molar-refractivity contribution < 1.29 is 9.53 Å². The first kappa shape index (κ1) is 26.0. The number of carbonyl (C=O) groups excluding carboxylic acids is 1. The topological polar surface area (TPSA) is 83.5 Å². The Bertz CT molecular complexity index is 1490. The molecule has 4 aromatic rings. The molecule has 2 fully saturated rings. The van der Waals surface area contributed by atoms with Crippen molar-refractivity contribution in [3.8, 4) is 22.9 Å². The summed E-state index contributed by atoms with van der Waals surface area (Å²) in [6, 6.07) is 20.1. The van der Waals surface area contributed by atoms with E-state index in [2.05, 4.69) is 56.4 Å². The van der Waals surface area contributed by atoms with Crippen molar-refractivity contribution in [1.29, 1.82) is 0 Å².